The summed E-state index contributed by atoms with van der Waals surface area (Å²) in [6.07, 6.45) is 5.88. The normalized spacial score (nSPS) is 19.3. The average Bonchev–Trinajstić information content (AvgIpc) is 3.29. The minimum atomic E-state index is 1.01. The smallest absolute Gasteiger partial charge is 0.0300 e. The van der Waals surface area contributed by atoms with Gasteiger partial charge >= 0.3 is 0 Å². The molecule has 0 unspecified atom stereocenters. The van der Waals surface area contributed by atoms with E-state index in [2.05, 4.69) is 37.6 Å². The zero-order valence-electron chi connectivity index (χ0n) is 11.4. The van der Waals surface area contributed by atoms with E-state index in [0.717, 1.165) is 24.9 Å². The maximum atomic E-state index is 3.58. The predicted molar refractivity (Wildman–Crippen MR) is 85.6 cm³/mol. The molecule has 2 nitrogen and oxygen atoms in total. The first-order valence-corrected chi connectivity index (χ1v) is 9.13. The zero-order chi connectivity index (χ0) is 13.1. The standard InChI is InChI=1S/C15H23BrN2S/c16-14-7-15(19-11-14)8-17-5-6-18(9-12-1-2-12)10-13-3-4-13/h7,11-13,17H,1-6,8-10H2. The van der Waals surface area contributed by atoms with E-state index >= 15 is 0 Å². The molecule has 2 aliphatic carbocycles. The molecule has 0 radical (unpaired) electrons. The van der Waals surface area contributed by atoms with Gasteiger partial charge in [0.2, 0.25) is 0 Å². The maximum absolute atomic E-state index is 3.58. The van der Waals surface area contributed by atoms with Crippen LogP contribution in [0.25, 0.3) is 0 Å². The largest absolute Gasteiger partial charge is 0.311 e. The van der Waals surface area contributed by atoms with Crippen LogP contribution in [0.2, 0.25) is 0 Å². The highest BCUT2D eigenvalue weighted by Gasteiger charge is 2.28. The van der Waals surface area contributed by atoms with Crippen LogP contribution in [0.4, 0.5) is 0 Å². The third-order valence-electron chi connectivity index (χ3n) is 3.95. The summed E-state index contributed by atoms with van der Waals surface area (Å²) in [5, 5.41) is 5.74. The first kappa shape index (κ1) is 14.1. The summed E-state index contributed by atoms with van der Waals surface area (Å²) >= 11 is 5.33. The average molecular weight is 343 g/mol. The molecule has 1 heterocycles. The van der Waals surface area contributed by atoms with Gasteiger partial charge in [0.05, 0.1) is 0 Å². The van der Waals surface area contributed by atoms with Crippen molar-refractivity contribution in [3.8, 4) is 0 Å². The SMILES string of the molecule is Brc1csc(CNCCN(CC2CC2)CC2CC2)c1. The Morgan fingerprint density at radius 1 is 1.21 bits per heavy atom. The van der Waals surface area contributed by atoms with Gasteiger partial charge in [-0.25, -0.2) is 0 Å². The Balaban J connectivity index is 1.33. The third kappa shape index (κ3) is 5.18. The van der Waals surface area contributed by atoms with Gasteiger partial charge < -0.3 is 10.2 Å². The van der Waals surface area contributed by atoms with Crippen molar-refractivity contribution in [2.45, 2.75) is 32.2 Å². The molecule has 0 aromatic carbocycles. The Hall–Kier alpha value is 0.1000. The summed E-state index contributed by atoms with van der Waals surface area (Å²) in [6.45, 7) is 6.05. The minimum absolute atomic E-state index is 1.01. The van der Waals surface area contributed by atoms with Crippen LogP contribution in [0.1, 0.15) is 30.6 Å². The van der Waals surface area contributed by atoms with Crippen molar-refractivity contribution in [2.75, 3.05) is 26.2 Å². The van der Waals surface area contributed by atoms with Crippen molar-refractivity contribution >= 4 is 27.3 Å². The molecule has 3 rings (SSSR count). The molecule has 4 heteroatoms. The second kappa shape index (κ2) is 6.70. The quantitative estimate of drug-likeness (QED) is 0.688. The summed E-state index contributed by atoms with van der Waals surface area (Å²) in [5.41, 5.74) is 0. The Morgan fingerprint density at radius 2 is 1.89 bits per heavy atom. The number of nitrogens with one attached hydrogen (secondary N) is 1. The van der Waals surface area contributed by atoms with Crippen molar-refractivity contribution in [1.82, 2.24) is 10.2 Å². The first-order valence-electron chi connectivity index (χ1n) is 7.45. The lowest BCUT2D eigenvalue weighted by Gasteiger charge is -2.22. The van der Waals surface area contributed by atoms with Gasteiger partial charge in [-0.1, -0.05) is 0 Å². The van der Waals surface area contributed by atoms with Gasteiger partial charge in [-0.3, -0.25) is 0 Å². The van der Waals surface area contributed by atoms with E-state index in [1.54, 1.807) is 0 Å². The van der Waals surface area contributed by atoms with Gasteiger partial charge in [0.25, 0.3) is 0 Å². The third-order valence-corrected chi connectivity index (χ3v) is 5.65. The fourth-order valence-electron chi connectivity index (χ4n) is 2.48. The van der Waals surface area contributed by atoms with Crippen molar-refractivity contribution in [3.05, 3.63) is 20.8 Å². The zero-order valence-corrected chi connectivity index (χ0v) is 13.8. The summed E-state index contributed by atoms with van der Waals surface area (Å²) in [5.74, 6) is 2.04. The summed E-state index contributed by atoms with van der Waals surface area (Å²) < 4.78 is 1.21. The number of rotatable bonds is 9. The van der Waals surface area contributed by atoms with Crippen LogP contribution in [-0.4, -0.2) is 31.1 Å². The molecule has 1 N–H and O–H groups in total. The van der Waals surface area contributed by atoms with E-state index in [9.17, 15) is 0 Å². The fourth-order valence-corrected chi connectivity index (χ4v) is 3.90. The molecule has 0 bridgehead atoms. The van der Waals surface area contributed by atoms with E-state index in [1.807, 2.05) is 11.3 Å². The summed E-state index contributed by atoms with van der Waals surface area (Å²) in [6, 6.07) is 2.21. The van der Waals surface area contributed by atoms with Gasteiger partial charge in [-0.15, -0.1) is 11.3 Å². The van der Waals surface area contributed by atoms with Crippen LogP contribution in [0.15, 0.2) is 15.9 Å². The Morgan fingerprint density at radius 3 is 2.42 bits per heavy atom. The highest BCUT2D eigenvalue weighted by Crippen LogP contribution is 2.33. The van der Waals surface area contributed by atoms with Crippen molar-refractivity contribution in [2.24, 2.45) is 11.8 Å². The molecule has 1 aromatic rings. The summed E-state index contributed by atoms with van der Waals surface area (Å²) in [4.78, 5) is 4.12. The molecule has 2 aliphatic rings. The number of hydrogen-bond acceptors (Lipinski definition) is 3. The van der Waals surface area contributed by atoms with Crippen LogP contribution in [0.5, 0.6) is 0 Å². The predicted octanol–water partition coefficient (Wildman–Crippen LogP) is 3.72. The molecule has 0 aliphatic heterocycles. The van der Waals surface area contributed by atoms with Gasteiger partial charge in [-0.05, 0) is 59.5 Å². The minimum Gasteiger partial charge on any atom is -0.311 e. The second-order valence-corrected chi connectivity index (χ2v) is 7.97. The second-order valence-electron chi connectivity index (χ2n) is 6.05. The highest BCUT2D eigenvalue weighted by atomic mass is 79.9. The van der Waals surface area contributed by atoms with Crippen molar-refractivity contribution in [3.63, 3.8) is 0 Å². The molecule has 0 saturated heterocycles. The van der Waals surface area contributed by atoms with Gasteiger partial charge in [-0.2, -0.15) is 0 Å². The van der Waals surface area contributed by atoms with E-state index in [4.69, 9.17) is 0 Å². The van der Waals surface area contributed by atoms with Crippen LogP contribution < -0.4 is 5.32 Å². The molecule has 2 fully saturated rings. The van der Waals surface area contributed by atoms with Crippen LogP contribution in [-0.2, 0) is 6.54 Å². The highest BCUT2D eigenvalue weighted by molar-refractivity contribution is 9.10. The first-order chi connectivity index (χ1) is 9.29. The number of thiophene rings is 1. The Bertz CT molecular complexity index is 385. The molecule has 106 valence electrons. The van der Waals surface area contributed by atoms with Crippen molar-refractivity contribution in [1.29, 1.82) is 0 Å². The molecule has 0 atom stereocenters. The lowest BCUT2D eigenvalue weighted by molar-refractivity contribution is 0.252. The van der Waals surface area contributed by atoms with Gasteiger partial charge in [0.1, 0.15) is 0 Å². The van der Waals surface area contributed by atoms with E-state index in [0.29, 0.717) is 0 Å². The Kier molecular flexibility index (Phi) is 4.96. The lowest BCUT2D eigenvalue weighted by atomic mass is 10.3. The van der Waals surface area contributed by atoms with Crippen LogP contribution in [0.3, 0.4) is 0 Å². The van der Waals surface area contributed by atoms with Gasteiger partial charge in [0.15, 0.2) is 0 Å². The molecule has 2 saturated carbocycles. The van der Waals surface area contributed by atoms with Crippen molar-refractivity contribution < 1.29 is 0 Å². The molecule has 1 aromatic heterocycles. The number of halogens is 1. The number of nitrogens with zero attached hydrogens (tertiary/aromatic N) is 1. The summed E-state index contributed by atoms with van der Waals surface area (Å²) in [7, 11) is 0. The van der Waals surface area contributed by atoms with Crippen LogP contribution >= 0.6 is 27.3 Å². The van der Waals surface area contributed by atoms with E-state index < -0.39 is 0 Å². The van der Waals surface area contributed by atoms with E-state index in [1.165, 1.54) is 54.7 Å². The lowest BCUT2D eigenvalue weighted by Crippen LogP contribution is -2.34. The Labute approximate surface area is 128 Å². The topological polar surface area (TPSA) is 15.3 Å². The van der Waals surface area contributed by atoms with E-state index in [-0.39, 0.29) is 0 Å². The molecular formula is C15H23BrN2S. The molecule has 19 heavy (non-hydrogen) atoms. The monoisotopic (exact) mass is 342 g/mol. The van der Waals surface area contributed by atoms with Gasteiger partial charge in [0, 0.05) is 47.5 Å². The maximum Gasteiger partial charge on any atom is 0.0300 e. The number of hydrogen-bond donors (Lipinski definition) is 1. The molecule has 0 spiro atoms. The molecule has 0 amide bonds. The fraction of sp³-hybridized carbons (Fsp3) is 0.733. The molecular weight excluding hydrogens is 320 g/mol. The van der Waals surface area contributed by atoms with Crippen LogP contribution in [0, 0.1) is 11.8 Å².